The van der Waals surface area contributed by atoms with Gasteiger partial charge in [0.15, 0.2) is 0 Å². The Hall–Kier alpha value is -1.35. The fraction of sp³-hybridized carbons (Fsp3) is 0.588. The molecule has 110 valence electrons. The van der Waals surface area contributed by atoms with E-state index in [0.29, 0.717) is 5.92 Å². The number of amides is 1. The number of nitrogens with zero attached hydrogens (tertiary/aromatic N) is 1. The number of rotatable bonds is 4. The fourth-order valence-electron chi connectivity index (χ4n) is 2.99. The molecule has 1 heterocycles. The molecule has 0 saturated carbocycles. The van der Waals surface area contributed by atoms with Crippen molar-refractivity contribution >= 4 is 5.91 Å². The summed E-state index contributed by atoms with van der Waals surface area (Å²) in [4.78, 5) is 14.5. The molecule has 1 fully saturated rings. The first-order valence-corrected chi connectivity index (χ1v) is 7.65. The van der Waals surface area contributed by atoms with Crippen molar-refractivity contribution in [2.45, 2.75) is 51.6 Å². The van der Waals surface area contributed by atoms with Crippen molar-refractivity contribution < 1.29 is 4.79 Å². The van der Waals surface area contributed by atoms with Crippen molar-refractivity contribution in [3.8, 4) is 0 Å². The molecule has 1 amide bonds. The number of benzene rings is 1. The molecule has 4 atom stereocenters. The Bertz CT molecular complexity index is 446. The van der Waals surface area contributed by atoms with E-state index >= 15 is 0 Å². The fourth-order valence-corrected chi connectivity index (χ4v) is 2.99. The van der Waals surface area contributed by atoms with Crippen LogP contribution in [0.15, 0.2) is 30.3 Å². The zero-order chi connectivity index (χ0) is 14.7. The van der Waals surface area contributed by atoms with Crippen LogP contribution in [-0.4, -0.2) is 29.4 Å². The van der Waals surface area contributed by atoms with Crippen LogP contribution in [0, 0.1) is 5.92 Å². The molecule has 4 unspecified atom stereocenters. The average molecular weight is 274 g/mol. The van der Waals surface area contributed by atoms with Gasteiger partial charge in [-0.25, -0.2) is 0 Å². The Balaban J connectivity index is 2.06. The standard InChI is InChI=1S/C17H26N2O/c1-4-12(2)16(18)17(20)19-11-15(10-13(19)3)14-8-6-5-7-9-14/h5-9,12-13,15-16H,4,10-11,18H2,1-3H3. The molecule has 1 aliphatic rings. The smallest absolute Gasteiger partial charge is 0.240 e. The lowest BCUT2D eigenvalue weighted by Crippen LogP contribution is -2.48. The molecular weight excluding hydrogens is 248 g/mol. The van der Waals surface area contributed by atoms with Crippen LogP contribution >= 0.6 is 0 Å². The van der Waals surface area contributed by atoms with Gasteiger partial charge in [-0.15, -0.1) is 0 Å². The maximum atomic E-state index is 12.5. The van der Waals surface area contributed by atoms with Crippen molar-refractivity contribution in [2.75, 3.05) is 6.54 Å². The molecule has 3 nitrogen and oxygen atoms in total. The van der Waals surface area contributed by atoms with Gasteiger partial charge in [-0.3, -0.25) is 4.79 Å². The summed E-state index contributed by atoms with van der Waals surface area (Å²) in [5.74, 6) is 0.801. The van der Waals surface area contributed by atoms with Gasteiger partial charge in [0.1, 0.15) is 0 Å². The molecule has 1 aromatic rings. The first kappa shape index (κ1) is 15.0. The van der Waals surface area contributed by atoms with Crippen LogP contribution in [0.3, 0.4) is 0 Å². The topological polar surface area (TPSA) is 46.3 Å². The van der Waals surface area contributed by atoms with E-state index in [2.05, 4.69) is 45.0 Å². The van der Waals surface area contributed by atoms with Gasteiger partial charge in [-0.2, -0.15) is 0 Å². The average Bonchev–Trinajstić information content (AvgIpc) is 2.87. The normalized spacial score (nSPS) is 25.5. The highest BCUT2D eigenvalue weighted by Gasteiger charge is 2.36. The lowest BCUT2D eigenvalue weighted by molar-refractivity contribution is -0.134. The van der Waals surface area contributed by atoms with Gasteiger partial charge in [0.25, 0.3) is 0 Å². The molecule has 2 N–H and O–H groups in total. The Morgan fingerprint density at radius 2 is 2.05 bits per heavy atom. The number of nitrogens with two attached hydrogens (primary N) is 1. The summed E-state index contributed by atoms with van der Waals surface area (Å²) in [6, 6.07) is 10.4. The summed E-state index contributed by atoms with van der Waals surface area (Å²) in [5, 5.41) is 0. The number of carbonyl (C=O) groups is 1. The van der Waals surface area contributed by atoms with Crippen LogP contribution in [0.5, 0.6) is 0 Å². The highest BCUT2D eigenvalue weighted by Crippen LogP contribution is 2.32. The Morgan fingerprint density at radius 3 is 2.65 bits per heavy atom. The summed E-state index contributed by atoms with van der Waals surface area (Å²) < 4.78 is 0. The molecule has 0 aromatic heterocycles. The predicted molar refractivity (Wildman–Crippen MR) is 82.4 cm³/mol. The Morgan fingerprint density at radius 1 is 1.40 bits per heavy atom. The minimum atomic E-state index is -0.364. The van der Waals surface area contributed by atoms with E-state index in [0.717, 1.165) is 19.4 Å². The van der Waals surface area contributed by atoms with E-state index < -0.39 is 0 Å². The molecule has 20 heavy (non-hydrogen) atoms. The second-order valence-corrected chi connectivity index (χ2v) is 6.09. The second kappa shape index (κ2) is 6.40. The summed E-state index contributed by atoms with van der Waals surface area (Å²) in [5.41, 5.74) is 7.43. The van der Waals surface area contributed by atoms with Crippen LogP contribution in [0.2, 0.25) is 0 Å². The predicted octanol–water partition coefficient (Wildman–Crippen LogP) is 2.76. The second-order valence-electron chi connectivity index (χ2n) is 6.09. The third-order valence-corrected chi connectivity index (χ3v) is 4.67. The van der Waals surface area contributed by atoms with Crippen LogP contribution in [0.25, 0.3) is 0 Å². The highest BCUT2D eigenvalue weighted by molar-refractivity contribution is 5.82. The Labute approximate surface area is 122 Å². The van der Waals surface area contributed by atoms with Crippen molar-refractivity contribution in [1.82, 2.24) is 4.90 Å². The summed E-state index contributed by atoms with van der Waals surface area (Å²) in [7, 11) is 0. The number of carbonyl (C=O) groups excluding carboxylic acids is 1. The summed E-state index contributed by atoms with van der Waals surface area (Å²) in [6.07, 6.45) is 1.97. The highest BCUT2D eigenvalue weighted by atomic mass is 16.2. The monoisotopic (exact) mass is 274 g/mol. The maximum absolute atomic E-state index is 12.5. The van der Waals surface area contributed by atoms with Gasteiger partial charge in [-0.1, -0.05) is 50.6 Å². The van der Waals surface area contributed by atoms with Crippen LogP contribution < -0.4 is 5.73 Å². The van der Waals surface area contributed by atoms with Crippen molar-refractivity contribution in [3.63, 3.8) is 0 Å². The van der Waals surface area contributed by atoms with E-state index in [-0.39, 0.29) is 23.9 Å². The third kappa shape index (κ3) is 3.04. The van der Waals surface area contributed by atoms with Crippen LogP contribution in [0.1, 0.15) is 45.1 Å². The molecule has 3 heteroatoms. The van der Waals surface area contributed by atoms with E-state index in [1.807, 2.05) is 11.0 Å². The van der Waals surface area contributed by atoms with Gasteiger partial charge in [0, 0.05) is 18.5 Å². The molecule has 1 aliphatic heterocycles. The van der Waals surface area contributed by atoms with E-state index in [1.165, 1.54) is 5.56 Å². The number of hydrogen-bond donors (Lipinski definition) is 1. The lowest BCUT2D eigenvalue weighted by Gasteiger charge is -2.27. The van der Waals surface area contributed by atoms with Gasteiger partial charge in [0.2, 0.25) is 5.91 Å². The molecule has 1 saturated heterocycles. The quantitative estimate of drug-likeness (QED) is 0.917. The van der Waals surface area contributed by atoms with E-state index in [4.69, 9.17) is 5.73 Å². The molecule has 0 bridgehead atoms. The molecule has 0 radical (unpaired) electrons. The summed E-state index contributed by atoms with van der Waals surface area (Å²) >= 11 is 0. The summed E-state index contributed by atoms with van der Waals surface area (Å²) in [6.45, 7) is 7.06. The number of likely N-dealkylation sites (tertiary alicyclic amines) is 1. The minimum Gasteiger partial charge on any atom is -0.338 e. The van der Waals surface area contributed by atoms with Crippen molar-refractivity contribution in [3.05, 3.63) is 35.9 Å². The molecular formula is C17H26N2O. The van der Waals surface area contributed by atoms with Crippen LogP contribution in [0.4, 0.5) is 0 Å². The SMILES string of the molecule is CCC(C)C(N)C(=O)N1CC(c2ccccc2)CC1C. The lowest BCUT2D eigenvalue weighted by atomic mass is 9.97. The minimum absolute atomic E-state index is 0.116. The maximum Gasteiger partial charge on any atom is 0.240 e. The van der Waals surface area contributed by atoms with E-state index in [9.17, 15) is 4.79 Å². The Kier molecular flexibility index (Phi) is 4.81. The zero-order valence-corrected chi connectivity index (χ0v) is 12.8. The van der Waals surface area contributed by atoms with Gasteiger partial charge in [0.05, 0.1) is 6.04 Å². The van der Waals surface area contributed by atoms with Gasteiger partial charge < -0.3 is 10.6 Å². The first-order valence-electron chi connectivity index (χ1n) is 7.65. The molecule has 0 aliphatic carbocycles. The zero-order valence-electron chi connectivity index (χ0n) is 12.8. The largest absolute Gasteiger partial charge is 0.338 e. The molecule has 0 spiro atoms. The van der Waals surface area contributed by atoms with Crippen molar-refractivity contribution in [1.29, 1.82) is 0 Å². The van der Waals surface area contributed by atoms with Crippen molar-refractivity contribution in [2.24, 2.45) is 11.7 Å². The number of hydrogen-bond acceptors (Lipinski definition) is 2. The van der Waals surface area contributed by atoms with Gasteiger partial charge >= 0.3 is 0 Å². The van der Waals surface area contributed by atoms with Gasteiger partial charge in [-0.05, 0) is 24.8 Å². The first-order chi connectivity index (χ1) is 9.54. The molecule has 1 aromatic carbocycles. The molecule has 2 rings (SSSR count). The van der Waals surface area contributed by atoms with Crippen LogP contribution in [-0.2, 0) is 4.79 Å². The third-order valence-electron chi connectivity index (χ3n) is 4.67. The van der Waals surface area contributed by atoms with E-state index in [1.54, 1.807) is 0 Å².